The number of benzene rings is 2. The van der Waals surface area contributed by atoms with Crippen LogP contribution >= 0.6 is 0 Å². The van der Waals surface area contributed by atoms with Crippen molar-refractivity contribution in [3.63, 3.8) is 0 Å². The standard InChI is InChI=1S/C22H19FN6O4/c1-13-8-9-14(12-16(13)23)24-17(30)10-11-18-25-20(27-33-18)19-21(31)28(2)22(32)29(26-19)15-6-4-3-5-7-15/h3-9,12H,10-11H2,1-2H3,(H,24,30). The highest BCUT2D eigenvalue weighted by Gasteiger charge is 2.19. The number of rotatable bonds is 6. The normalized spacial score (nSPS) is 10.9. The number of hydrogen-bond donors (Lipinski definition) is 1. The summed E-state index contributed by atoms with van der Waals surface area (Å²) in [7, 11) is 1.33. The Morgan fingerprint density at radius 1 is 1.15 bits per heavy atom. The summed E-state index contributed by atoms with van der Waals surface area (Å²) in [5.74, 6) is -0.780. The number of para-hydroxylation sites is 1. The molecule has 0 aliphatic rings. The van der Waals surface area contributed by atoms with Gasteiger partial charge in [-0.15, -0.1) is 0 Å². The second-order valence-corrected chi connectivity index (χ2v) is 7.27. The molecule has 2 heterocycles. The lowest BCUT2D eigenvalue weighted by molar-refractivity contribution is -0.116. The Morgan fingerprint density at radius 3 is 2.64 bits per heavy atom. The third-order valence-electron chi connectivity index (χ3n) is 4.88. The molecule has 0 saturated heterocycles. The number of anilines is 1. The van der Waals surface area contributed by atoms with Crippen LogP contribution in [0.15, 0.2) is 62.6 Å². The van der Waals surface area contributed by atoms with E-state index < -0.39 is 17.1 Å². The minimum Gasteiger partial charge on any atom is -0.339 e. The Kier molecular flexibility index (Phi) is 5.94. The number of aryl methyl sites for hydroxylation is 2. The van der Waals surface area contributed by atoms with Crippen LogP contribution in [-0.2, 0) is 18.3 Å². The van der Waals surface area contributed by atoms with E-state index in [9.17, 15) is 18.8 Å². The Labute approximate surface area is 186 Å². The fraction of sp³-hybridized carbons (Fsp3) is 0.182. The predicted octanol–water partition coefficient (Wildman–Crippen LogP) is 2.00. The molecule has 1 N–H and O–H groups in total. The van der Waals surface area contributed by atoms with Crippen molar-refractivity contribution in [2.75, 3.05) is 5.32 Å². The van der Waals surface area contributed by atoms with Gasteiger partial charge in [-0.3, -0.25) is 14.2 Å². The molecule has 2 aromatic carbocycles. The van der Waals surface area contributed by atoms with Crippen molar-refractivity contribution in [3.05, 3.63) is 86.6 Å². The van der Waals surface area contributed by atoms with Crippen LogP contribution in [0.3, 0.4) is 0 Å². The summed E-state index contributed by atoms with van der Waals surface area (Å²) in [6.45, 7) is 1.63. The van der Waals surface area contributed by atoms with E-state index in [0.29, 0.717) is 16.9 Å². The molecule has 0 aliphatic heterocycles. The zero-order chi connectivity index (χ0) is 23.5. The zero-order valence-electron chi connectivity index (χ0n) is 17.8. The van der Waals surface area contributed by atoms with Crippen LogP contribution in [0.25, 0.3) is 17.2 Å². The number of carbonyl (C=O) groups is 1. The molecule has 0 unspecified atom stereocenters. The first-order chi connectivity index (χ1) is 15.8. The Bertz CT molecular complexity index is 1440. The summed E-state index contributed by atoms with van der Waals surface area (Å²) in [5.41, 5.74) is -0.195. The van der Waals surface area contributed by atoms with Gasteiger partial charge in [0.25, 0.3) is 5.56 Å². The smallest absolute Gasteiger partial charge is 0.339 e. The van der Waals surface area contributed by atoms with Gasteiger partial charge >= 0.3 is 5.69 Å². The van der Waals surface area contributed by atoms with Crippen LogP contribution in [0.1, 0.15) is 17.9 Å². The quantitative estimate of drug-likeness (QED) is 0.476. The van der Waals surface area contributed by atoms with Crippen LogP contribution in [0.5, 0.6) is 0 Å². The number of amides is 1. The monoisotopic (exact) mass is 450 g/mol. The van der Waals surface area contributed by atoms with Gasteiger partial charge in [-0.2, -0.15) is 14.8 Å². The summed E-state index contributed by atoms with van der Waals surface area (Å²) in [5, 5.41) is 10.5. The van der Waals surface area contributed by atoms with Gasteiger partial charge in [0.2, 0.25) is 17.6 Å². The number of aromatic nitrogens is 5. The van der Waals surface area contributed by atoms with Crippen molar-refractivity contribution in [2.45, 2.75) is 19.8 Å². The van der Waals surface area contributed by atoms with Crippen molar-refractivity contribution in [3.8, 4) is 17.2 Å². The first-order valence-corrected chi connectivity index (χ1v) is 9.98. The molecule has 1 amide bonds. The minimum absolute atomic E-state index is 0.00786. The van der Waals surface area contributed by atoms with E-state index in [0.717, 1.165) is 9.25 Å². The molecule has 0 bridgehead atoms. The maximum atomic E-state index is 13.6. The fourth-order valence-electron chi connectivity index (χ4n) is 3.02. The molecular weight excluding hydrogens is 431 g/mol. The number of hydrogen-bond acceptors (Lipinski definition) is 7. The summed E-state index contributed by atoms with van der Waals surface area (Å²) < 4.78 is 20.7. The van der Waals surface area contributed by atoms with Gasteiger partial charge in [-0.1, -0.05) is 29.4 Å². The average Bonchev–Trinajstić information content (AvgIpc) is 3.28. The van der Waals surface area contributed by atoms with E-state index in [-0.39, 0.29) is 36.2 Å². The third-order valence-corrected chi connectivity index (χ3v) is 4.88. The van der Waals surface area contributed by atoms with Gasteiger partial charge in [0.05, 0.1) is 5.69 Å². The van der Waals surface area contributed by atoms with Gasteiger partial charge in [0.1, 0.15) is 5.82 Å². The first kappa shape index (κ1) is 21.8. The average molecular weight is 450 g/mol. The van der Waals surface area contributed by atoms with Crippen molar-refractivity contribution in [1.29, 1.82) is 0 Å². The van der Waals surface area contributed by atoms with Gasteiger partial charge < -0.3 is 9.84 Å². The molecule has 4 aromatic rings. The molecule has 4 rings (SSSR count). The van der Waals surface area contributed by atoms with Crippen molar-refractivity contribution >= 4 is 11.6 Å². The van der Waals surface area contributed by atoms with E-state index in [1.165, 1.54) is 13.1 Å². The lowest BCUT2D eigenvalue weighted by Crippen LogP contribution is -2.40. The van der Waals surface area contributed by atoms with Crippen LogP contribution in [0.2, 0.25) is 0 Å². The van der Waals surface area contributed by atoms with Gasteiger partial charge in [0, 0.05) is 25.6 Å². The van der Waals surface area contributed by atoms with E-state index in [1.807, 2.05) is 0 Å². The molecule has 0 radical (unpaired) electrons. The van der Waals surface area contributed by atoms with E-state index in [4.69, 9.17) is 4.52 Å². The first-order valence-electron chi connectivity index (χ1n) is 9.98. The Hall–Kier alpha value is -4.41. The van der Waals surface area contributed by atoms with Gasteiger partial charge in [-0.05, 0) is 36.8 Å². The summed E-state index contributed by atoms with van der Waals surface area (Å²) in [6.07, 6.45) is 0.0812. The highest BCUT2D eigenvalue weighted by atomic mass is 19.1. The van der Waals surface area contributed by atoms with Crippen LogP contribution < -0.4 is 16.6 Å². The third kappa shape index (κ3) is 4.61. The molecule has 0 saturated carbocycles. The zero-order valence-corrected chi connectivity index (χ0v) is 17.8. The Morgan fingerprint density at radius 2 is 1.91 bits per heavy atom. The molecular formula is C22H19FN6O4. The SMILES string of the molecule is Cc1ccc(NC(=O)CCc2nc(-c3nn(-c4ccccc4)c(=O)n(C)c3=O)no2)cc1F. The number of nitrogens with zero attached hydrogens (tertiary/aromatic N) is 5. The minimum atomic E-state index is -0.682. The van der Waals surface area contributed by atoms with Crippen molar-refractivity contribution < 1.29 is 13.7 Å². The fourth-order valence-corrected chi connectivity index (χ4v) is 3.02. The summed E-state index contributed by atoms with van der Waals surface area (Å²) in [4.78, 5) is 41.4. The van der Waals surface area contributed by atoms with Gasteiger partial charge in [-0.25, -0.2) is 9.18 Å². The number of carbonyl (C=O) groups excluding carboxylic acids is 1. The molecule has 0 atom stereocenters. The molecule has 2 aromatic heterocycles. The maximum Gasteiger partial charge on any atom is 0.351 e. The molecule has 0 spiro atoms. The largest absolute Gasteiger partial charge is 0.351 e. The van der Waals surface area contributed by atoms with E-state index in [2.05, 4.69) is 20.6 Å². The summed E-state index contributed by atoms with van der Waals surface area (Å²) >= 11 is 0. The van der Waals surface area contributed by atoms with Crippen LogP contribution in [0.4, 0.5) is 10.1 Å². The topological polar surface area (TPSA) is 125 Å². The molecule has 10 nitrogen and oxygen atoms in total. The van der Waals surface area contributed by atoms with Crippen molar-refractivity contribution in [1.82, 2.24) is 24.5 Å². The molecule has 168 valence electrons. The lowest BCUT2D eigenvalue weighted by atomic mass is 10.2. The second kappa shape index (κ2) is 8.99. The predicted molar refractivity (Wildman–Crippen MR) is 116 cm³/mol. The second-order valence-electron chi connectivity index (χ2n) is 7.27. The van der Waals surface area contributed by atoms with Crippen LogP contribution in [0, 0.1) is 12.7 Å². The van der Waals surface area contributed by atoms with Crippen molar-refractivity contribution in [2.24, 2.45) is 7.05 Å². The van der Waals surface area contributed by atoms with Crippen LogP contribution in [-0.4, -0.2) is 30.4 Å². The summed E-state index contributed by atoms with van der Waals surface area (Å²) in [6, 6.07) is 13.0. The lowest BCUT2D eigenvalue weighted by Gasteiger charge is -2.07. The highest BCUT2D eigenvalue weighted by molar-refractivity contribution is 5.90. The van der Waals surface area contributed by atoms with Gasteiger partial charge in [0.15, 0.2) is 5.69 Å². The molecule has 0 aliphatic carbocycles. The number of halogens is 1. The van der Waals surface area contributed by atoms with E-state index >= 15 is 0 Å². The Balaban J connectivity index is 1.52. The molecule has 0 fully saturated rings. The number of nitrogens with one attached hydrogen (secondary N) is 1. The highest BCUT2D eigenvalue weighted by Crippen LogP contribution is 2.15. The molecule has 11 heteroatoms. The maximum absolute atomic E-state index is 13.6. The molecule has 33 heavy (non-hydrogen) atoms. The van der Waals surface area contributed by atoms with E-state index in [1.54, 1.807) is 49.4 Å².